The summed E-state index contributed by atoms with van der Waals surface area (Å²) in [6.45, 7) is 3.18. The van der Waals surface area contributed by atoms with Crippen molar-refractivity contribution in [3.8, 4) is 0 Å². The quantitative estimate of drug-likeness (QED) is 0.664. The number of anilines is 1. The fourth-order valence-corrected chi connectivity index (χ4v) is 2.44. The largest absolute Gasteiger partial charge is 0.369 e. The van der Waals surface area contributed by atoms with Crippen LogP contribution in [0.25, 0.3) is 10.9 Å². The predicted molar refractivity (Wildman–Crippen MR) is 78.8 cm³/mol. The molecule has 1 fully saturated rings. The topological polar surface area (TPSA) is 68.1 Å². The van der Waals surface area contributed by atoms with Gasteiger partial charge in [-0.1, -0.05) is 6.92 Å². The number of nitrogens with zero attached hydrogens (tertiary/aromatic N) is 2. The van der Waals surface area contributed by atoms with E-state index in [0.29, 0.717) is 5.41 Å². The lowest BCUT2D eigenvalue weighted by molar-refractivity contribution is -0.384. The Balaban J connectivity index is 1.80. The zero-order chi connectivity index (χ0) is 14.2. The molecule has 0 radical (unpaired) electrons. The van der Waals surface area contributed by atoms with Gasteiger partial charge in [0, 0.05) is 24.1 Å². The zero-order valence-corrected chi connectivity index (χ0v) is 11.4. The number of benzene rings is 1. The molecule has 1 aliphatic carbocycles. The third-order valence-corrected chi connectivity index (χ3v) is 4.24. The maximum Gasteiger partial charge on any atom is 0.270 e. The highest BCUT2D eigenvalue weighted by Gasteiger charge is 2.40. The van der Waals surface area contributed by atoms with Crippen molar-refractivity contribution in [2.75, 3.05) is 11.9 Å². The second-order valence-electron chi connectivity index (χ2n) is 5.54. The third kappa shape index (κ3) is 2.43. The molecule has 1 saturated carbocycles. The lowest BCUT2D eigenvalue weighted by Gasteiger charge is -2.14. The highest BCUT2D eigenvalue weighted by molar-refractivity contribution is 5.82. The Labute approximate surface area is 117 Å². The molecule has 104 valence electrons. The molecule has 1 N–H and O–H groups in total. The SMILES string of the molecule is CCC1(CNc2ccc3cc([N+](=O)[O-])ccc3n2)CC1. The molecule has 1 aliphatic rings. The van der Waals surface area contributed by atoms with Crippen molar-refractivity contribution in [3.63, 3.8) is 0 Å². The molecule has 1 aromatic carbocycles. The summed E-state index contributed by atoms with van der Waals surface area (Å²) in [6, 6.07) is 8.51. The van der Waals surface area contributed by atoms with Crippen LogP contribution in [0.1, 0.15) is 26.2 Å². The standard InChI is InChI=1S/C15H17N3O2/c1-2-15(7-8-15)10-16-14-6-3-11-9-12(18(19)20)4-5-13(11)17-14/h3-6,9H,2,7-8,10H2,1H3,(H,16,17). The molecule has 3 rings (SSSR count). The first-order valence-corrected chi connectivity index (χ1v) is 6.91. The minimum atomic E-state index is -0.385. The van der Waals surface area contributed by atoms with Gasteiger partial charge in [-0.05, 0) is 42.9 Å². The smallest absolute Gasteiger partial charge is 0.270 e. The Hall–Kier alpha value is -2.17. The van der Waals surface area contributed by atoms with Crippen molar-refractivity contribution in [2.45, 2.75) is 26.2 Å². The van der Waals surface area contributed by atoms with Crippen molar-refractivity contribution in [2.24, 2.45) is 5.41 Å². The number of hydrogen-bond donors (Lipinski definition) is 1. The minimum absolute atomic E-state index is 0.0999. The fraction of sp³-hybridized carbons (Fsp3) is 0.400. The first-order valence-electron chi connectivity index (χ1n) is 6.91. The van der Waals surface area contributed by atoms with Gasteiger partial charge in [-0.3, -0.25) is 10.1 Å². The van der Waals surface area contributed by atoms with E-state index >= 15 is 0 Å². The van der Waals surface area contributed by atoms with Crippen molar-refractivity contribution >= 4 is 22.4 Å². The molecule has 20 heavy (non-hydrogen) atoms. The van der Waals surface area contributed by atoms with Crippen molar-refractivity contribution < 1.29 is 4.92 Å². The molecule has 1 aromatic heterocycles. The molecule has 0 bridgehead atoms. The van der Waals surface area contributed by atoms with E-state index in [1.54, 1.807) is 12.1 Å². The van der Waals surface area contributed by atoms with E-state index in [4.69, 9.17) is 0 Å². The number of nitrogens with one attached hydrogen (secondary N) is 1. The van der Waals surface area contributed by atoms with Crippen LogP contribution in [0, 0.1) is 15.5 Å². The second-order valence-corrected chi connectivity index (χ2v) is 5.54. The number of aromatic nitrogens is 1. The summed E-state index contributed by atoms with van der Waals surface area (Å²) in [5.41, 5.74) is 1.34. The third-order valence-electron chi connectivity index (χ3n) is 4.24. The van der Waals surface area contributed by atoms with Crippen molar-refractivity contribution in [1.82, 2.24) is 4.98 Å². The maximum atomic E-state index is 10.7. The van der Waals surface area contributed by atoms with Crippen LogP contribution in [0.2, 0.25) is 0 Å². The number of fused-ring (bicyclic) bond motifs is 1. The zero-order valence-electron chi connectivity index (χ0n) is 11.4. The molecule has 2 aromatic rings. The Bertz CT molecular complexity index is 665. The number of hydrogen-bond acceptors (Lipinski definition) is 4. The Morgan fingerprint density at radius 3 is 2.80 bits per heavy atom. The van der Waals surface area contributed by atoms with Crippen molar-refractivity contribution in [1.29, 1.82) is 0 Å². The van der Waals surface area contributed by atoms with Gasteiger partial charge in [-0.25, -0.2) is 4.98 Å². The van der Waals surface area contributed by atoms with Gasteiger partial charge in [0.25, 0.3) is 5.69 Å². The normalized spacial score (nSPS) is 16.1. The summed E-state index contributed by atoms with van der Waals surface area (Å²) in [6.07, 6.45) is 3.77. The number of pyridine rings is 1. The summed E-state index contributed by atoms with van der Waals surface area (Å²) in [4.78, 5) is 14.9. The van der Waals surface area contributed by atoms with E-state index in [9.17, 15) is 10.1 Å². The average molecular weight is 271 g/mol. The molecule has 5 heteroatoms. The molecule has 0 aliphatic heterocycles. The van der Waals surface area contributed by atoms with E-state index in [2.05, 4.69) is 17.2 Å². The minimum Gasteiger partial charge on any atom is -0.369 e. The van der Waals surface area contributed by atoms with Crippen LogP contribution in [0.4, 0.5) is 11.5 Å². The van der Waals surface area contributed by atoms with Gasteiger partial charge >= 0.3 is 0 Å². The van der Waals surface area contributed by atoms with E-state index < -0.39 is 0 Å². The van der Waals surface area contributed by atoms with Gasteiger partial charge in [0.1, 0.15) is 5.82 Å². The van der Waals surface area contributed by atoms with E-state index in [1.165, 1.54) is 25.3 Å². The number of nitro groups is 1. The predicted octanol–water partition coefficient (Wildman–Crippen LogP) is 3.75. The van der Waals surface area contributed by atoms with Gasteiger partial charge < -0.3 is 5.32 Å². The molecule has 0 spiro atoms. The van der Waals surface area contributed by atoms with Crippen LogP contribution in [0.15, 0.2) is 30.3 Å². The summed E-state index contributed by atoms with van der Waals surface area (Å²) in [5.74, 6) is 0.839. The van der Waals surface area contributed by atoms with Crippen LogP contribution >= 0.6 is 0 Å². The summed E-state index contributed by atoms with van der Waals surface area (Å²) < 4.78 is 0. The number of rotatable bonds is 5. The van der Waals surface area contributed by atoms with Gasteiger partial charge in [0.2, 0.25) is 0 Å². The molecule has 0 unspecified atom stereocenters. The molecule has 0 saturated heterocycles. The molecule has 5 nitrogen and oxygen atoms in total. The molecule has 0 amide bonds. The Kier molecular flexibility index (Phi) is 3.04. The second kappa shape index (κ2) is 4.74. The van der Waals surface area contributed by atoms with Crippen LogP contribution in [0.5, 0.6) is 0 Å². The maximum absolute atomic E-state index is 10.7. The highest BCUT2D eigenvalue weighted by atomic mass is 16.6. The van der Waals surface area contributed by atoms with Crippen LogP contribution in [-0.2, 0) is 0 Å². The van der Waals surface area contributed by atoms with E-state index in [1.807, 2.05) is 12.1 Å². The monoisotopic (exact) mass is 271 g/mol. The average Bonchev–Trinajstić information content (AvgIpc) is 3.25. The fourth-order valence-electron chi connectivity index (χ4n) is 2.44. The molecule has 0 atom stereocenters. The highest BCUT2D eigenvalue weighted by Crippen LogP contribution is 2.48. The molecular weight excluding hydrogens is 254 g/mol. The van der Waals surface area contributed by atoms with E-state index in [0.717, 1.165) is 23.3 Å². The first-order chi connectivity index (χ1) is 9.62. The Morgan fingerprint density at radius 1 is 1.35 bits per heavy atom. The van der Waals surface area contributed by atoms with Crippen LogP contribution in [0.3, 0.4) is 0 Å². The lowest BCUT2D eigenvalue weighted by Crippen LogP contribution is -2.15. The van der Waals surface area contributed by atoms with Gasteiger partial charge in [0.15, 0.2) is 0 Å². The first kappa shape index (κ1) is 12.8. The van der Waals surface area contributed by atoms with Gasteiger partial charge in [0.05, 0.1) is 10.4 Å². The summed E-state index contributed by atoms with van der Waals surface area (Å²) in [7, 11) is 0. The van der Waals surface area contributed by atoms with Crippen LogP contribution < -0.4 is 5.32 Å². The van der Waals surface area contributed by atoms with Gasteiger partial charge in [-0.2, -0.15) is 0 Å². The molecular formula is C15H17N3O2. The number of nitro benzene ring substituents is 1. The van der Waals surface area contributed by atoms with Gasteiger partial charge in [-0.15, -0.1) is 0 Å². The number of non-ortho nitro benzene ring substituents is 1. The van der Waals surface area contributed by atoms with E-state index in [-0.39, 0.29) is 10.6 Å². The Morgan fingerprint density at radius 2 is 2.15 bits per heavy atom. The van der Waals surface area contributed by atoms with Crippen molar-refractivity contribution in [3.05, 3.63) is 40.4 Å². The van der Waals surface area contributed by atoms with Crippen LogP contribution in [-0.4, -0.2) is 16.5 Å². The summed E-state index contributed by atoms with van der Waals surface area (Å²) in [5, 5.41) is 14.9. The summed E-state index contributed by atoms with van der Waals surface area (Å²) >= 11 is 0. The lowest BCUT2D eigenvalue weighted by atomic mass is 10.0. The molecule has 1 heterocycles.